The van der Waals surface area contributed by atoms with Crippen LogP contribution >= 0.6 is 0 Å². The Bertz CT molecular complexity index is 535. The smallest absolute Gasteiger partial charge is 0.322 e. The van der Waals surface area contributed by atoms with Crippen molar-refractivity contribution >= 4 is 11.9 Å². The predicted octanol–water partition coefficient (Wildman–Crippen LogP) is 0.779. The lowest BCUT2D eigenvalue weighted by Gasteiger charge is -2.19. The summed E-state index contributed by atoms with van der Waals surface area (Å²) in [6.45, 7) is 3.63. The van der Waals surface area contributed by atoms with Gasteiger partial charge in [0.1, 0.15) is 5.54 Å². The van der Waals surface area contributed by atoms with Crippen LogP contribution in [-0.4, -0.2) is 35.5 Å². The summed E-state index contributed by atoms with van der Waals surface area (Å²) in [5.41, 5.74) is 1.39. The third-order valence-electron chi connectivity index (χ3n) is 3.99. The van der Waals surface area contributed by atoms with Crippen LogP contribution in [0.15, 0.2) is 24.3 Å². The molecule has 5 heteroatoms. The second kappa shape index (κ2) is 4.35. The van der Waals surface area contributed by atoms with Gasteiger partial charge in [-0.05, 0) is 31.0 Å². The number of amides is 3. The molecule has 1 spiro atoms. The van der Waals surface area contributed by atoms with Crippen molar-refractivity contribution in [2.75, 3.05) is 13.1 Å². The second-order valence-electron chi connectivity index (χ2n) is 5.26. The first-order valence-electron chi connectivity index (χ1n) is 6.52. The van der Waals surface area contributed by atoms with Crippen LogP contribution < -0.4 is 10.6 Å². The van der Waals surface area contributed by atoms with Crippen molar-refractivity contribution in [1.82, 2.24) is 15.5 Å². The molecule has 100 valence electrons. The molecular formula is C14H17N3O2. The lowest BCUT2D eigenvalue weighted by molar-refractivity contribution is -0.131. The number of carbonyl (C=O) groups is 2. The Morgan fingerprint density at radius 2 is 2.11 bits per heavy atom. The molecule has 0 aromatic heterocycles. The van der Waals surface area contributed by atoms with E-state index in [1.165, 1.54) is 4.90 Å². The number of carbonyl (C=O) groups excluding carboxylic acids is 2. The van der Waals surface area contributed by atoms with Crippen LogP contribution in [-0.2, 0) is 11.3 Å². The van der Waals surface area contributed by atoms with E-state index in [9.17, 15) is 9.59 Å². The zero-order valence-electron chi connectivity index (χ0n) is 10.9. The van der Waals surface area contributed by atoms with E-state index < -0.39 is 5.54 Å². The van der Waals surface area contributed by atoms with Gasteiger partial charge in [-0.3, -0.25) is 9.69 Å². The molecule has 0 bridgehead atoms. The summed E-state index contributed by atoms with van der Waals surface area (Å²) in [7, 11) is 0. The number of hydrogen-bond donors (Lipinski definition) is 2. The van der Waals surface area contributed by atoms with Crippen molar-refractivity contribution in [2.45, 2.75) is 25.4 Å². The van der Waals surface area contributed by atoms with Crippen molar-refractivity contribution in [3.63, 3.8) is 0 Å². The van der Waals surface area contributed by atoms with Crippen LogP contribution in [0.1, 0.15) is 17.5 Å². The minimum Gasteiger partial charge on any atom is -0.322 e. The summed E-state index contributed by atoms with van der Waals surface area (Å²) in [5, 5.41) is 5.98. The van der Waals surface area contributed by atoms with Gasteiger partial charge in [0, 0.05) is 6.54 Å². The van der Waals surface area contributed by atoms with E-state index in [0.717, 1.165) is 17.7 Å². The van der Waals surface area contributed by atoms with E-state index in [4.69, 9.17) is 0 Å². The Hall–Kier alpha value is -1.88. The summed E-state index contributed by atoms with van der Waals surface area (Å²) in [6, 6.07) is 7.53. The maximum atomic E-state index is 12.5. The molecule has 1 atom stereocenters. The molecule has 5 nitrogen and oxygen atoms in total. The number of aryl methyl sites for hydroxylation is 1. The largest absolute Gasteiger partial charge is 0.325 e. The Morgan fingerprint density at radius 3 is 2.79 bits per heavy atom. The number of hydrogen-bond acceptors (Lipinski definition) is 3. The number of rotatable bonds is 2. The maximum absolute atomic E-state index is 12.5. The van der Waals surface area contributed by atoms with Crippen LogP contribution in [0.4, 0.5) is 4.79 Å². The fraction of sp³-hybridized carbons (Fsp3) is 0.429. The molecule has 2 fully saturated rings. The van der Waals surface area contributed by atoms with Gasteiger partial charge in [0.25, 0.3) is 5.91 Å². The predicted molar refractivity (Wildman–Crippen MR) is 70.5 cm³/mol. The van der Waals surface area contributed by atoms with Crippen molar-refractivity contribution < 1.29 is 9.59 Å². The normalized spacial score (nSPS) is 26.3. The number of urea groups is 1. The van der Waals surface area contributed by atoms with Crippen LogP contribution in [0.3, 0.4) is 0 Å². The van der Waals surface area contributed by atoms with Gasteiger partial charge >= 0.3 is 6.03 Å². The Labute approximate surface area is 112 Å². The lowest BCUT2D eigenvalue weighted by atomic mass is 9.99. The lowest BCUT2D eigenvalue weighted by Crippen LogP contribution is -2.48. The molecule has 19 heavy (non-hydrogen) atoms. The zero-order valence-corrected chi connectivity index (χ0v) is 10.9. The molecule has 1 aromatic carbocycles. The highest BCUT2D eigenvalue weighted by molar-refractivity contribution is 6.07. The van der Waals surface area contributed by atoms with Crippen molar-refractivity contribution in [2.24, 2.45) is 0 Å². The molecule has 0 saturated carbocycles. The highest BCUT2D eigenvalue weighted by atomic mass is 16.2. The first kappa shape index (κ1) is 12.2. The van der Waals surface area contributed by atoms with Gasteiger partial charge in [-0.15, -0.1) is 0 Å². The van der Waals surface area contributed by atoms with Gasteiger partial charge in [-0.25, -0.2) is 4.79 Å². The minimum absolute atomic E-state index is 0.106. The van der Waals surface area contributed by atoms with Gasteiger partial charge in [0.15, 0.2) is 0 Å². The Morgan fingerprint density at radius 1 is 1.32 bits per heavy atom. The van der Waals surface area contributed by atoms with Crippen molar-refractivity contribution in [1.29, 1.82) is 0 Å². The summed E-state index contributed by atoms with van der Waals surface area (Å²) in [6.07, 6.45) is 0.668. The van der Waals surface area contributed by atoms with Gasteiger partial charge in [0.05, 0.1) is 6.54 Å². The molecule has 1 unspecified atom stereocenters. The number of nitrogens with one attached hydrogen (secondary N) is 2. The van der Waals surface area contributed by atoms with E-state index in [0.29, 0.717) is 19.5 Å². The van der Waals surface area contributed by atoms with Crippen LogP contribution in [0.2, 0.25) is 0 Å². The molecule has 1 aromatic rings. The molecule has 2 heterocycles. The maximum Gasteiger partial charge on any atom is 0.325 e. The zero-order chi connectivity index (χ0) is 13.5. The monoisotopic (exact) mass is 259 g/mol. The topological polar surface area (TPSA) is 61.4 Å². The van der Waals surface area contributed by atoms with Crippen LogP contribution in [0.25, 0.3) is 0 Å². The van der Waals surface area contributed by atoms with Crippen LogP contribution in [0.5, 0.6) is 0 Å². The van der Waals surface area contributed by atoms with E-state index in [2.05, 4.69) is 10.6 Å². The molecule has 2 aliphatic rings. The summed E-state index contributed by atoms with van der Waals surface area (Å²) < 4.78 is 0. The van der Waals surface area contributed by atoms with Gasteiger partial charge in [0.2, 0.25) is 0 Å². The van der Waals surface area contributed by atoms with Gasteiger partial charge in [-0.2, -0.15) is 0 Å². The third-order valence-corrected chi connectivity index (χ3v) is 3.99. The quantitative estimate of drug-likeness (QED) is 0.772. The average Bonchev–Trinajstić information content (AvgIpc) is 2.94. The molecule has 2 aliphatic heterocycles. The fourth-order valence-corrected chi connectivity index (χ4v) is 2.76. The highest BCUT2D eigenvalue weighted by Crippen LogP contribution is 2.26. The highest BCUT2D eigenvalue weighted by Gasteiger charge is 2.52. The number of benzene rings is 1. The molecule has 0 radical (unpaired) electrons. The SMILES string of the molecule is Cc1ccccc1CN1C(=O)NC2(CCNC2)C1=O. The summed E-state index contributed by atoms with van der Waals surface area (Å²) >= 11 is 0. The molecule has 0 aliphatic carbocycles. The second-order valence-corrected chi connectivity index (χ2v) is 5.26. The Kier molecular flexibility index (Phi) is 2.78. The minimum atomic E-state index is -0.709. The fourth-order valence-electron chi connectivity index (χ4n) is 2.76. The van der Waals surface area contributed by atoms with Crippen molar-refractivity contribution in [3.8, 4) is 0 Å². The Balaban J connectivity index is 1.84. The molecular weight excluding hydrogens is 242 g/mol. The third kappa shape index (κ3) is 1.90. The van der Waals surface area contributed by atoms with E-state index >= 15 is 0 Å². The van der Waals surface area contributed by atoms with E-state index in [1.807, 2.05) is 31.2 Å². The molecule has 3 rings (SSSR count). The standard InChI is InChI=1S/C14H17N3O2/c1-10-4-2-3-5-11(10)8-17-12(18)14(16-13(17)19)6-7-15-9-14/h2-5,15H,6-9H2,1H3,(H,16,19). The molecule has 2 N–H and O–H groups in total. The van der Waals surface area contributed by atoms with E-state index in [1.54, 1.807) is 0 Å². The van der Waals surface area contributed by atoms with Crippen LogP contribution in [0, 0.1) is 6.92 Å². The molecule has 2 saturated heterocycles. The van der Waals surface area contributed by atoms with E-state index in [-0.39, 0.29) is 11.9 Å². The summed E-state index contributed by atoms with van der Waals surface area (Å²) in [5.74, 6) is -0.106. The van der Waals surface area contributed by atoms with Gasteiger partial charge < -0.3 is 10.6 Å². The van der Waals surface area contributed by atoms with Gasteiger partial charge in [-0.1, -0.05) is 24.3 Å². The van der Waals surface area contributed by atoms with Crippen molar-refractivity contribution in [3.05, 3.63) is 35.4 Å². The first-order valence-corrected chi connectivity index (χ1v) is 6.52. The average molecular weight is 259 g/mol. The number of imide groups is 1. The number of nitrogens with zero attached hydrogens (tertiary/aromatic N) is 1. The first-order chi connectivity index (χ1) is 9.12. The molecule has 3 amide bonds. The summed E-state index contributed by atoms with van der Waals surface area (Å²) in [4.78, 5) is 25.8.